The molecular formula is C18H24N6O3S. The largest absolute Gasteiger partial charge is 0.371 e. The van der Waals surface area contributed by atoms with E-state index >= 15 is 0 Å². The van der Waals surface area contributed by atoms with E-state index in [1.807, 2.05) is 4.57 Å². The number of H-pyrrole nitrogens is 1. The molecule has 1 aromatic carbocycles. The zero-order chi connectivity index (χ0) is 20.3. The van der Waals surface area contributed by atoms with E-state index in [1.54, 1.807) is 23.1 Å². The van der Waals surface area contributed by atoms with Crippen LogP contribution in [0.5, 0.6) is 0 Å². The summed E-state index contributed by atoms with van der Waals surface area (Å²) in [6.07, 6.45) is 1.62. The minimum atomic E-state index is -0.459. The van der Waals surface area contributed by atoms with Gasteiger partial charge in [-0.15, -0.1) is 0 Å². The van der Waals surface area contributed by atoms with Crippen LogP contribution in [0.2, 0.25) is 0 Å². The van der Waals surface area contributed by atoms with Crippen LogP contribution in [0, 0.1) is 14.9 Å². The van der Waals surface area contributed by atoms with E-state index in [0.717, 1.165) is 18.7 Å². The average Bonchev–Trinajstić information content (AvgIpc) is 3.08. The fourth-order valence-electron chi connectivity index (χ4n) is 3.56. The number of benzene rings is 1. The predicted octanol–water partition coefficient (Wildman–Crippen LogP) is 3.25. The van der Waals surface area contributed by atoms with Crippen molar-refractivity contribution in [2.45, 2.75) is 38.6 Å². The third-order valence-electron chi connectivity index (χ3n) is 4.99. The van der Waals surface area contributed by atoms with Crippen molar-refractivity contribution >= 4 is 29.5 Å². The molecule has 0 radical (unpaired) electrons. The first-order valence-electron chi connectivity index (χ1n) is 9.30. The van der Waals surface area contributed by atoms with E-state index in [-0.39, 0.29) is 30.1 Å². The number of rotatable bonds is 6. The Kier molecular flexibility index (Phi) is 6.08. The van der Waals surface area contributed by atoms with Crippen molar-refractivity contribution in [1.29, 1.82) is 0 Å². The molecule has 1 aliphatic heterocycles. The number of nitro groups is 1. The molecule has 0 aliphatic carbocycles. The highest BCUT2D eigenvalue weighted by Crippen LogP contribution is 2.29. The summed E-state index contributed by atoms with van der Waals surface area (Å²) in [6.45, 7) is 5.42. The summed E-state index contributed by atoms with van der Waals surface area (Å²) in [7, 11) is 0. The molecule has 1 aliphatic rings. The van der Waals surface area contributed by atoms with Crippen molar-refractivity contribution < 1.29 is 9.72 Å². The van der Waals surface area contributed by atoms with Crippen LogP contribution < -0.4 is 5.32 Å². The van der Waals surface area contributed by atoms with Gasteiger partial charge in [0.05, 0.1) is 11.5 Å². The number of para-hydroxylation sites is 2. The summed E-state index contributed by atoms with van der Waals surface area (Å²) >= 11 is 5.32. The van der Waals surface area contributed by atoms with Gasteiger partial charge < -0.3 is 14.8 Å². The number of hydrogen-bond donors (Lipinski definition) is 2. The van der Waals surface area contributed by atoms with Gasteiger partial charge in [-0.05, 0) is 45.0 Å². The van der Waals surface area contributed by atoms with Gasteiger partial charge in [0.15, 0.2) is 4.77 Å². The summed E-state index contributed by atoms with van der Waals surface area (Å²) in [5, 5.41) is 21.2. The molecule has 150 valence electrons. The number of nitrogens with zero attached hydrogens (tertiary/aromatic N) is 4. The molecular weight excluding hydrogens is 380 g/mol. The molecule has 2 N–H and O–H groups in total. The van der Waals surface area contributed by atoms with Gasteiger partial charge in [-0.3, -0.25) is 20.0 Å². The molecule has 10 heteroatoms. The van der Waals surface area contributed by atoms with Crippen LogP contribution in [0.1, 0.15) is 44.5 Å². The van der Waals surface area contributed by atoms with Crippen LogP contribution in [-0.2, 0) is 4.79 Å². The fourth-order valence-corrected chi connectivity index (χ4v) is 3.91. The van der Waals surface area contributed by atoms with Crippen molar-refractivity contribution in [3.63, 3.8) is 0 Å². The van der Waals surface area contributed by atoms with Crippen LogP contribution in [0.3, 0.4) is 0 Å². The maximum Gasteiger partial charge on any atom is 0.292 e. The second kappa shape index (κ2) is 8.51. The summed E-state index contributed by atoms with van der Waals surface area (Å²) in [5.74, 6) is 1.13. The Bertz CT molecular complexity index is 914. The van der Waals surface area contributed by atoms with Gasteiger partial charge in [-0.25, -0.2) is 0 Å². The number of nitrogens with one attached hydrogen (secondary N) is 2. The highest BCUT2D eigenvalue weighted by molar-refractivity contribution is 7.71. The zero-order valence-electron chi connectivity index (χ0n) is 15.9. The standard InChI is InChI=1S/C18H24N6O3S/c1-12(2)23-17(20-21-18(23)28)13-7-9-22(10-8-13)16(25)11-19-14-5-3-4-6-15(14)24(26)27/h3-6,12-13,19H,7-11H2,1-2H3,(H,21,28). The number of anilines is 1. The Hall–Kier alpha value is -2.75. The molecule has 0 saturated carbocycles. The monoisotopic (exact) mass is 404 g/mol. The highest BCUT2D eigenvalue weighted by atomic mass is 32.1. The minimum absolute atomic E-state index is 0.0280. The van der Waals surface area contributed by atoms with Gasteiger partial charge in [0.1, 0.15) is 11.5 Å². The molecule has 2 heterocycles. The molecule has 1 aromatic heterocycles. The van der Waals surface area contributed by atoms with Crippen LogP contribution >= 0.6 is 12.2 Å². The number of aromatic nitrogens is 3. The average molecular weight is 404 g/mol. The van der Waals surface area contributed by atoms with Gasteiger partial charge in [-0.2, -0.15) is 5.10 Å². The minimum Gasteiger partial charge on any atom is -0.371 e. The number of nitro benzene ring substituents is 1. The van der Waals surface area contributed by atoms with Crippen molar-refractivity contribution in [3.05, 3.63) is 45.0 Å². The van der Waals surface area contributed by atoms with E-state index in [1.165, 1.54) is 6.07 Å². The normalized spacial score (nSPS) is 15.0. The molecule has 2 aromatic rings. The lowest BCUT2D eigenvalue weighted by Gasteiger charge is -2.32. The molecule has 1 fully saturated rings. The fraction of sp³-hybridized carbons (Fsp3) is 0.500. The van der Waals surface area contributed by atoms with E-state index in [2.05, 4.69) is 29.4 Å². The number of amides is 1. The number of carbonyl (C=O) groups excluding carboxylic acids is 1. The van der Waals surface area contributed by atoms with E-state index in [0.29, 0.717) is 23.5 Å². The lowest BCUT2D eigenvalue weighted by atomic mass is 9.95. The predicted molar refractivity (Wildman–Crippen MR) is 108 cm³/mol. The zero-order valence-corrected chi connectivity index (χ0v) is 16.7. The summed E-state index contributed by atoms with van der Waals surface area (Å²) < 4.78 is 2.66. The Balaban J connectivity index is 1.58. The van der Waals surface area contributed by atoms with Gasteiger partial charge in [0.25, 0.3) is 5.69 Å². The molecule has 28 heavy (non-hydrogen) atoms. The first-order valence-corrected chi connectivity index (χ1v) is 9.71. The molecule has 0 unspecified atom stereocenters. The van der Waals surface area contributed by atoms with Gasteiger partial charge >= 0.3 is 0 Å². The summed E-state index contributed by atoms with van der Waals surface area (Å²) in [5.41, 5.74) is 0.314. The Morgan fingerprint density at radius 3 is 2.71 bits per heavy atom. The van der Waals surface area contributed by atoms with Gasteiger partial charge in [-0.1, -0.05) is 12.1 Å². The molecule has 1 saturated heterocycles. The number of hydrogen-bond acceptors (Lipinski definition) is 6. The molecule has 3 rings (SSSR count). The number of likely N-dealkylation sites (tertiary alicyclic amines) is 1. The Labute approximate surface area is 167 Å². The first kappa shape index (κ1) is 20.0. The SMILES string of the molecule is CC(C)n1c(C2CCN(C(=O)CNc3ccccc3[N+](=O)[O-])CC2)n[nH]c1=S. The van der Waals surface area contributed by atoms with E-state index in [9.17, 15) is 14.9 Å². The van der Waals surface area contributed by atoms with Crippen LogP contribution in [0.4, 0.5) is 11.4 Å². The number of carbonyl (C=O) groups is 1. The molecule has 9 nitrogen and oxygen atoms in total. The summed E-state index contributed by atoms with van der Waals surface area (Å²) in [4.78, 5) is 24.9. The topological polar surface area (TPSA) is 109 Å². The Morgan fingerprint density at radius 2 is 2.07 bits per heavy atom. The number of aromatic amines is 1. The molecule has 0 bridgehead atoms. The second-order valence-corrected chi connectivity index (χ2v) is 7.52. The Morgan fingerprint density at radius 1 is 1.39 bits per heavy atom. The van der Waals surface area contributed by atoms with Gasteiger partial charge in [0, 0.05) is 31.1 Å². The van der Waals surface area contributed by atoms with Crippen molar-refractivity contribution in [2.75, 3.05) is 25.0 Å². The van der Waals surface area contributed by atoms with Crippen LogP contribution in [0.15, 0.2) is 24.3 Å². The van der Waals surface area contributed by atoms with E-state index in [4.69, 9.17) is 12.2 Å². The van der Waals surface area contributed by atoms with Gasteiger partial charge in [0.2, 0.25) is 5.91 Å². The lowest BCUT2D eigenvalue weighted by Crippen LogP contribution is -2.41. The smallest absolute Gasteiger partial charge is 0.292 e. The second-order valence-electron chi connectivity index (χ2n) is 7.13. The maximum absolute atomic E-state index is 12.5. The lowest BCUT2D eigenvalue weighted by molar-refractivity contribution is -0.383. The quantitative estimate of drug-likeness (QED) is 0.435. The molecule has 1 amide bonds. The van der Waals surface area contributed by atoms with Crippen LogP contribution in [0.25, 0.3) is 0 Å². The van der Waals surface area contributed by atoms with Crippen molar-refractivity contribution in [1.82, 2.24) is 19.7 Å². The van der Waals surface area contributed by atoms with E-state index < -0.39 is 4.92 Å². The van der Waals surface area contributed by atoms with Crippen LogP contribution in [-0.4, -0.2) is 50.1 Å². The van der Waals surface area contributed by atoms with Crippen molar-refractivity contribution in [3.8, 4) is 0 Å². The highest BCUT2D eigenvalue weighted by Gasteiger charge is 2.27. The third kappa shape index (κ3) is 4.22. The third-order valence-corrected chi connectivity index (χ3v) is 5.28. The van der Waals surface area contributed by atoms with Crippen molar-refractivity contribution in [2.24, 2.45) is 0 Å². The summed E-state index contributed by atoms with van der Waals surface area (Å²) in [6, 6.07) is 6.55. The molecule has 0 atom stereocenters. The number of piperidine rings is 1. The first-order chi connectivity index (χ1) is 13.4. The maximum atomic E-state index is 12.5. The molecule has 0 spiro atoms.